The Morgan fingerprint density at radius 1 is 1.08 bits per heavy atom. The number of benzene rings is 1. The van der Waals surface area contributed by atoms with Gasteiger partial charge in [-0.05, 0) is 103 Å². The topological polar surface area (TPSA) is 70.9 Å². The van der Waals surface area contributed by atoms with Crippen LogP contribution in [-0.2, 0) is 11.3 Å². The van der Waals surface area contributed by atoms with Crippen LogP contribution in [0.3, 0.4) is 0 Å². The van der Waals surface area contributed by atoms with Gasteiger partial charge in [-0.25, -0.2) is 4.79 Å². The van der Waals surface area contributed by atoms with Crippen molar-refractivity contribution in [2.75, 3.05) is 11.4 Å². The summed E-state index contributed by atoms with van der Waals surface area (Å²) < 4.78 is 5.79. The van der Waals surface area contributed by atoms with E-state index in [9.17, 15) is 4.79 Å². The minimum atomic E-state index is -0.581. The van der Waals surface area contributed by atoms with Crippen LogP contribution in [0.1, 0.15) is 88.4 Å². The molecule has 3 aliphatic rings. The predicted octanol–water partition coefficient (Wildman–Crippen LogP) is 7.35. The third-order valence-electron chi connectivity index (χ3n) is 7.83. The first-order valence-electron chi connectivity index (χ1n) is 14.1. The number of aromatic nitrogens is 2. The minimum absolute atomic E-state index is 0.121. The SMILES string of the molecule is Cc1cnc(C)c(C2CCC(C3=CCC(C)N=C4CN(C(=O)OC(C)(C)C)Cc5cc(Cl)ccc5N34)CC2)n1. The molecule has 2 aromatic rings. The van der Waals surface area contributed by atoms with Gasteiger partial charge in [0.2, 0.25) is 0 Å². The molecule has 0 N–H and O–H groups in total. The molecule has 3 heterocycles. The van der Waals surface area contributed by atoms with Crippen molar-refractivity contribution in [2.24, 2.45) is 10.9 Å². The van der Waals surface area contributed by atoms with E-state index in [1.54, 1.807) is 4.90 Å². The number of ether oxygens (including phenoxy) is 1. The van der Waals surface area contributed by atoms with Gasteiger partial charge in [-0.2, -0.15) is 0 Å². The van der Waals surface area contributed by atoms with Crippen LogP contribution in [0.15, 0.2) is 41.2 Å². The van der Waals surface area contributed by atoms with Gasteiger partial charge < -0.3 is 9.64 Å². The van der Waals surface area contributed by atoms with Crippen molar-refractivity contribution in [1.82, 2.24) is 14.9 Å². The molecule has 0 spiro atoms. The molecule has 2 aliphatic heterocycles. The molecule has 7 nitrogen and oxygen atoms in total. The summed E-state index contributed by atoms with van der Waals surface area (Å²) in [6.45, 7) is 12.7. The molecule has 1 aromatic carbocycles. The summed E-state index contributed by atoms with van der Waals surface area (Å²) in [6.07, 6.45) is 9.06. The van der Waals surface area contributed by atoms with Crippen molar-refractivity contribution in [1.29, 1.82) is 0 Å². The Labute approximate surface area is 237 Å². The van der Waals surface area contributed by atoms with Crippen LogP contribution in [0, 0.1) is 19.8 Å². The molecule has 1 unspecified atom stereocenters. The Bertz CT molecular complexity index is 1310. The fourth-order valence-corrected chi connectivity index (χ4v) is 6.22. The molecular weight excluding hydrogens is 510 g/mol. The first-order chi connectivity index (χ1) is 18.5. The fourth-order valence-electron chi connectivity index (χ4n) is 6.03. The zero-order chi connectivity index (χ0) is 27.9. The lowest BCUT2D eigenvalue weighted by atomic mass is 9.78. The van der Waals surface area contributed by atoms with Crippen LogP contribution >= 0.6 is 11.6 Å². The molecule has 1 amide bonds. The second-order valence-corrected chi connectivity index (χ2v) is 12.7. The average Bonchev–Trinajstić information content (AvgIpc) is 3.12. The maximum atomic E-state index is 13.3. The quantitative estimate of drug-likeness (QED) is 0.391. The van der Waals surface area contributed by atoms with Gasteiger partial charge in [-0.1, -0.05) is 17.7 Å². The number of hydrogen-bond acceptors (Lipinski definition) is 6. The molecule has 1 fully saturated rings. The summed E-state index contributed by atoms with van der Waals surface area (Å²) in [4.78, 5) is 31.9. The van der Waals surface area contributed by atoms with Crippen molar-refractivity contribution in [3.05, 3.63) is 63.8 Å². The molecule has 1 aliphatic carbocycles. The molecule has 39 heavy (non-hydrogen) atoms. The molecule has 208 valence electrons. The standard InChI is InChI=1S/C31H40ClN5O2/c1-19-7-13-26(22-8-10-23(11-9-22)29-21(3)33-16-20(2)35-29)37-27-14-12-25(32)15-24(27)17-36(18-28(37)34-19)30(38)39-31(4,5)6/h12-16,19,22-23H,7-11,17-18H2,1-6H3. The highest BCUT2D eigenvalue weighted by Gasteiger charge is 2.37. The van der Waals surface area contributed by atoms with E-state index in [1.165, 1.54) is 5.70 Å². The fraction of sp³-hybridized carbons (Fsp3) is 0.548. The summed E-state index contributed by atoms with van der Waals surface area (Å²) in [5.41, 5.74) is 5.93. The number of amidine groups is 1. The summed E-state index contributed by atoms with van der Waals surface area (Å²) in [7, 11) is 0. The van der Waals surface area contributed by atoms with Gasteiger partial charge in [0, 0.05) is 22.8 Å². The van der Waals surface area contributed by atoms with Gasteiger partial charge in [0.15, 0.2) is 0 Å². The molecule has 1 aromatic heterocycles. The predicted molar refractivity (Wildman–Crippen MR) is 156 cm³/mol. The highest BCUT2D eigenvalue weighted by molar-refractivity contribution is 6.30. The molecule has 1 saturated carbocycles. The third-order valence-corrected chi connectivity index (χ3v) is 8.06. The average molecular weight is 550 g/mol. The van der Waals surface area contributed by atoms with E-state index in [-0.39, 0.29) is 12.1 Å². The van der Waals surface area contributed by atoms with Crippen molar-refractivity contribution in [3.63, 3.8) is 0 Å². The molecular formula is C31H40ClN5O2. The molecule has 1 atom stereocenters. The zero-order valence-electron chi connectivity index (χ0n) is 24.0. The van der Waals surface area contributed by atoms with Crippen LogP contribution in [0.5, 0.6) is 0 Å². The Kier molecular flexibility index (Phi) is 7.73. The lowest BCUT2D eigenvalue weighted by Gasteiger charge is -2.36. The number of aryl methyl sites for hydroxylation is 2. The molecule has 8 heteroatoms. The Hall–Kier alpha value is -2.93. The van der Waals surface area contributed by atoms with E-state index in [2.05, 4.69) is 35.9 Å². The van der Waals surface area contributed by atoms with Gasteiger partial charge in [-0.15, -0.1) is 0 Å². The van der Waals surface area contributed by atoms with Gasteiger partial charge in [0.1, 0.15) is 11.4 Å². The summed E-state index contributed by atoms with van der Waals surface area (Å²) >= 11 is 6.47. The van der Waals surface area contributed by atoms with Crippen LogP contribution in [0.4, 0.5) is 10.5 Å². The van der Waals surface area contributed by atoms with E-state index in [0.29, 0.717) is 29.9 Å². The minimum Gasteiger partial charge on any atom is -0.444 e. The Morgan fingerprint density at radius 3 is 2.51 bits per heavy atom. The molecule has 0 radical (unpaired) electrons. The zero-order valence-corrected chi connectivity index (χ0v) is 24.8. The lowest BCUT2D eigenvalue weighted by Crippen LogP contribution is -2.43. The van der Waals surface area contributed by atoms with Crippen molar-refractivity contribution >= 4 is 29.2 Å². The first-order valence-corrected chi connectivity index (χ1v) is 14.5. The molecule has 0 saturated heterocycles. The van der Waals surface area contributed by atoms with E-state index in [4.69, 9.17) is 26.3 Å². The highest BCUT2D eigenvalue weighted by Crippen LogP contribution is 2.43. The van der Waals surface area contributed by atoms with Crippen molar-refractivity contribution in [2.45, 2.75) is 97.8 Å². The van der Waals surface area contributed by atoms with Crippen molar-refractivity contribution in [3.8, 4) is 0 Å². The van der Waals surface area contributed by atoms with E-state index in [1.807, 2.05) is 46.0 Å². The smallest absolute Gasteiger partial charge is 0.411 e. The third kappa shape index (κ3) is 6.13. The normalized spacial score (nSPS) is 23.6. The molecule has 0 bridgehead atoms. The number of carbonyl (C=O) groups is 1. The lowest BCUT2D eigenvalue weighted by molar-refractivity contribution is 0.0265. The monoisotopic (exact) mass is 549 g/mol. The molecule has 5 rings (SSSR count). The Morgan fingerprint density at radius 2 is 1.79 bits per heavy atom. The summed E-state index contributed by atoms with van der Waals surface area (Å²) in [5, 5.41) is 0.655. The second-order valence-electron chi connectivity index (χ2n) is 12.2. The second kappa shape index (κ2) is 10.9. The largest absolute Gasteiger partial charge is 0.444 e. The maximum Gasteiger partial charge on any atom is 0.411 e. The van der Waals surface area contributed by atoms with E-state index < -0.39 is 5.60 Å². The number of hydrogen-bond donors (Lipinski definition) is 0. The maximum absolute atomic E-state index is 13.3. The number of amides is 1. The summed E-state index contributed by atoms with van der Waals surface area (Å²) in [5.74, 6) is 1.72. The van der Waals surface area contributed by atoms with Gasteiger partial charge in [-0.3, -0.25) is 19.9 Å². The Balaban J connectivity index is 1.47. The van der Waals surface area contributed by atoms with Gasteiger partial charge >= 0.3 is 6.09 Å². The number of fused-ring (bicyclic) bond motifs is 3. The van der Waals surface area contributed by atoms with E-state index >= 15 is 0 Å². The number of rotatable bonds is 2. The number of carbonyl (C=O) groups excluding carboxylic acids is 1. The number of anilines is 1. The van der Waals surface area contributed by atoms with Crippen LogP contribution < -0.4 is 4.90 Å². The number of allylic oxidation sites excluding steroid dienone is 1. The van der Waals surface area contributed by atoms with Crippen molar-refractivity contribution < 1.29 is 9.53 Å². The van der Waals surface area contributed by atoms with Crippen LogP contribution in [0.25, 0.3) is 0 Å². The number of nitrogens with zero attached hydrogens (tertiary/aromatic N) is 5. The number of halogens is 1. The van der Waals surface area contributed by atoms with Gasteiger partial charge in [0.05, 0.1) is 41.9 Å². The summed E-state index contributed by atoms with van der Waals surface area (Å²) in [6, 6.07) is 6.10. The first kappa shape index (κ1) is 27.6. The van der Waals surface area contributed by atoms with Crippen LogP contribution in [-0.4, -0.2) is 45.0 Å². The number of aliphatic imine (C=N–C) groups is 1. The highest BCUT2D eigenvalue weighted by atomic mass is 35.5. The van der Waals surface area contributed by atoms with Crippen LogP contribution in [0.2, 0.25) is 5.02 Å². The van der Waals surface area contributed by atoms with E-state index in [0.717, 1.165) is 66.3 Å². The van der Waals surface area contributed by atoms with Gasteiger partial charge in [0.25, 0.3) is 0 Å².